The van der Waals surface area contributed by atoms with Crippen molar-refractivity contribution in [2.24, 2.45) is 5.92 Å². The number of hydrogen-bond donors (Lipinski definition) is 3. The molecule has 0 aromatic carbocycles. The van der Waals surface area contributed by atoms with E-state index in [0.29, 0.717) is 29.2 Å². The van der Waals surface area contributed by atoms with E-state index in [4.69, 9.17) is 0 Å². The first-order chi connectivity index (χ1) is 14.1. The lowest BCUT2D eigenvalue weighted by atomic mass is 9.82. The van der Waals surface area contributed by atoms with Gasteiger partial charge in [-0.2, -0.15) is 0 Å². The number of hydrogen-bond acceptors (Lipinski definition) is 6. The molecule has 5 rings (SSSR count). The summed E-state index contributed by atoms with van der Waals surface area (Å²) in [5.41, 5.74) is 2.28. The van der Waals surface area contributed by atoms with Crippen molar-refractivity contribution in [3.05, 3.63) is 48.4 Å². The van der Waals surface area contributed by atoms with E-state index < -0.39 is 0 Å². The Balaban J connectivity index is 1.37. The topological polar surface area (TPSA) is 91.8 Å². The van der Waals surface area contributed by atoms with E-state index in [-0.39, 0.29) is 11.9 Å². The first kappa shape index (κ1) is 17.8. The fraction of sp³-hybridized carbons (Fsp3) is 0.364. The van der Waals surface area contributed by atoms with Crippen LogP contribution in [0.3, 0.4) is 0 Å². The van der Waals surface area contributed by atoms with E-state index in [0.717, 1.165) is 42.3 Å². The molecule has 0 bridgehead atoms. The van der Waals surface area contributed by atoms with E-state index in [1.807, 2.05) is 24.3 Å². The average molecular weight is 388 g/mol. The van der Waals surface area contributed by atoms with E-state index in [1.165, 1.54) is 0 Å². The lowest BCUT2D eigenvalue weighted by molar-refractivity contribution is 0.0896. The summed E-state index contributed by atoms with van der Waals surface area (Å²) in [6, 6.07) is 8.37. The molecule has 7 nitrogen and oxygen atoms in total. The summed E-state index contributed by atoms with van der Waals surface area (Å²) in [7, 11) is 0. The van der Waals surface area contributed by atoms with Gasteiger partial charge in [0.15, 0.2) is 0 Å². The highest BCUT2D eigenvalue weighted by atomic mass is 16.1. The highest BCUT2D eigenvalue weighted by molar-refractivity contribution is 6.00. The van der Waals surface area contributed by atoms with Crippen LogP contribution in [0.1, 0.15) is 43.0 Å². The van der Waals surface area contributed by atoms with Gasteiger partial charge in [-0.05, 0) is 49.8 Å². The van der Waals surface area contributed by atoms with E-state index in [9.17, 15) is 4.79 Å². The number of nitrogens with one attached hydrogen (secondary N) is 3. The normalized spacial score (nSPS) is 20.7. The maximum absolute atomic E-state index is 12.8. The minimum absolute atomic E-state index is 0.0552. The fourth-order valence-corrected chi connectivity index (χ4v) is 3.72. The average Bonchev–Trinajstić information content (AvgIpc) is 3.51. The zero-order chi connectivity index (χ0) is 19.8. The molecule has 0 saturated heterocycles. The predicted molar refractivity (Wildman–Crippen MR) is 113 cm³/mol. The van der Waals surface area contributed by atoms with Gasteiger partial charge in [-0.3, -0.25) is 9.78 Å². The molecule has 0 aliphatic heterocycles. The van der Waals surface area contributed by atoms with Crippen LogP contribution in [-0.4, -0.2) is 32.9 Å². The van der Waals surface area contributed by atoms with Crippen molar-refractivity contribution in [1.29, 1.82) is 0 Å². The molecule has 2 aliphatic rings. The van der Waals surface area contributed by atoms with Crippen LogP contribution in [0.2, 0.25) is 0 Å². The molecule has 0 radical (unpaired) electrons. The summed E-state index contributed by atoms with van der Waals surface area (Å²) in [4.78, 5) is 25.9. The summed E-state index contributed by atoms with van der Waals surface area (Å²) in [6.07, 6.45) is 9.53. The molecule has 0 atom stereocenters. The second-order valence-corrected chi connectivity index (χ2v) is 8.17. The minimum atomic E-state index is -0.0552. The zero-order valence-corrected chi connectivity index (χ0v) is 16.4. The number of fused-ring (bicyclic) bond motifs is 1. The summed E-state index contributed by atoms with van der Waals surface area (Å²) >= 11 is 0. The third kappa shape index (κ3) is 3.99. The number of aromatic nitrogens is 3. The Morgan fingerprint density at radius 3 is 2.72 bits per heavy atom. The van der Waals surface area contributed by atoms with Gasteiger partial charge in [0.1, 0.15) is 11.6 Å². The Labute approximate surface area is 169 Å². The maximum atomic E-state index is 12.8. The van der Waals surface area contributed by atoms with Gasteiger partial charge in [-0.15, -0.1) is 0 Å². The summed E-state index contributed by atoms with van der Waals surface area (Å²) < 4.78 is 0. The molecule has 0 spiro atoms. The molecule has 3 aromatic heterocycles. The molecule has 3 heterocycles. The van der Waals surface area contributed by atoms with Crippen molar-refractivity contribution in [2.45, 2.75) is 44.7 Å². The molecular formula is C22H24N6O. The van der Waals surface area contributed by atoms with Gasteiger partial charge in [0.2, 0.25) is 0 Å². The van der Waals surface area contributed by atoms with Crippen LogP contribution in [0.25, 0.3) is 10.9 Å². The van der Waals surface area contributed by atoms with Crippen LogP contribution in [0.5, 0.6) is 0 Å². The molecular weight excluding hydrogens is 364 g/mol. The molecule has 3 aromatic rings. The molecule has 7 heteroatoms. The molecule has 2 saturated carbocycles. The van der Waals surface area contributed by atoms with Gasteiger partial charge in [0.05, 0.1) is 16.8 Å². The first-order valence-corrected chi connectivity index (χ1v) is 10.2. The number of nitrogens with zero attached hydrogens (tertiary/aromatic N) is 3. The molecule has 2 fully saturated rings. The second kappa shape index (κ2) is 7.31. The highest BCUT2D eigenvalue weighted by Gasteiger charge is 2.29. The second-order valence-electron chi connectivity index (χ2n) is 8.17. The minimum Gasteiger partial charge on any atom is -0.382 e. The van der Waals surface area contributed by atoms with Gasteiger partial charge in [0, 0.05) is 42.1 Å². The summed E-state index contributed by atoms with van der Waals surface area (Å²) in [6.45, 7) is 2.21. The van der Waals surface area contributed by atoms with E-state index in [2.05, 4.69) is 37.8 Å². The lowest BCUT2D eigenvalue weighted by Gasteiger charge is -2.33. The molecule has 29 heavy (non-hydrogen) atoms. The van der Waals surface area contributed by atoms with Gasteiger partial charge < -0.3 is 16.0 Å². The quantitative estimate of drug-likeness (QED) is 0.594. The summed E-state index contributed by atoms with van der Waals surface area (Å²) in [5, 5.41) is 10.8. The van der Waals surface area contributed by atoms with Crippen LogP contribution in [0, 0.1) is 5.92 Å². The smallest absolute Gasteiger partial charge is 0.255 e. The van der Waals surface area contributed by atoms with Gasteiger partial charge in [-0.25, -0.2) is 9.97 Å². The van der Waals surface area contributed by atoms with Gasteiger partial charge >= 0.3 is 0 Å². The number of rotatable bonds is 6. The van der Waals surface area contributed by atoms with Gasteiger partial charge in [-0.1, -0.05) is 6.92 Å². The number of carbonyl (C=O) groups excluding carboxylic acids is 1. The Hall–Kier alpha value is -3.22. The SMILES string of the molecule is CC1CC(NC(=O)c2cnc(Nc3ccc4cnccc4n3)cc2NC2CC2)C1. The standard InChI is InChI=1S/C22H24N6O/c1-13-8-16(9-13)26-22(29)17-12-24-21(10-19(17)25-15-3-4-15)28-20-5-2-14-11-23-7-6-18(14)27-20/h2,5-7,10-13,15-16H,3-4,8-9H2,1H3,(H,26,29)(H2,24,25,27,28). The first-order valence-electron chi connectivity index (χ1n) is 10.2. The molecule has 0 unspecified atom stereocenters. The largest absolute Gasteiger partial charge is 0.382 e. The van der Waals surface area contributed by atoms with Crippen molar-refractivity contribution in [1.82, 2.24) is 20.3 Å². The third-order valence-electron chi connectivity index (χ3n) is 5.54. The maximum Gasteiger partial charge on any atom is 0.255 e. The third-order valence-corrected chi connectivity index (χ3v) is 5.54. The Morgan fingerprint density at radius 2 is 1.93 bits per heavy atom. The fourth-order valence-electron chi connectivity index (χ4n) is 3.72. The van der Waals surface area contributed by atoms with Crippen molar-refractivity contribution in [2.75, 3.05) is 10.6 Å². The van der Waals surface area contributed by atoms with E-state index in [1.54, 1.807) is 18.6 Å². The number of anilines is 3. The van der Waals surface area contributed by atoms with Crippen molar-refractivity contribution >= 4 is 34.1 Å². The zero-order valence-electron chi connectivity index (χ0n) is 16.4. The molecule has 3 N–H and O–H groups in total. The van der Waals surface area contributed by atoms with Crippen LogP contribution < -0.4 is 16.0 Å². The summed E-state index contributed by atoms with van der Waals surface area (Å²) in [5.74, 6) is 2.00. The molecule has 1 amide bonds. The van der Waals surface area contributed by atoms with Crippen LogP contribution >= 0.6 is 0 Å². The lowest BCUT2D eigenvalue weighted by Crippen LogP contribution is -2.43. The van der Waals surface area contributed by atoms with Crippen molar-refractivity contribution < 1.29 is 4.79 Å². The molecule has 148 valence electrons. The Kier molecular flexibility index (Phi) is 4.50. The molecule has 2 aliphatic carbocycles. The Bertz CT molecular complexity index is 1060. The van der Waals surface area contributed by atoms with Gasteiger partial charge in [0.25, 0.3) is 5.91 Å². The highest BCUT2D eigenvalue weighted by Crippen LogP contribution is 2.30. The van der Waals surface area contributed by atoms with Crippen molar-refractivity contribution in [3.8, 4) is 0 Å². The van der Waals surface area contributed by atoms with Crippen molar-refractivity contribution in [3.63, 3.8) is 0 Å². The Morgan fingerprint density at radius 1 is 1.07 bits per heavy atom. The monoisotopic (exact) mass is 388 g/mol. The predicted octanol–water partition coefficient (Wildman–Crippen LogP) is 3.87. The van der Waals surface area contributed by atoms with Crippen LogP contribution in [0.4, 0.5) is 17.3 Å². The number of pyridine rings is 3. The van der Waals surface area contributed by atoms with E-state index >= 15 is 0 Å². The number of carbonyl (C=O) groups is 1. The van der Waals surface area contributed by atoms with Crippen LogP contribution in [0.15, 0.2) is 42.9 Å². The van der Waals surface area contributed by atoms with Crippen LogP contribution in [-0.2, 0) is 0 Å². The number of amides is 1.